The van der Waals surface area contributed by atoms with Crippen molar-refractivity contribution in [2.75, 3.05) is 6.54 Å². The van der Waals surface area contributed by atoms with E-state index in [9.17, 15) is 9.90 Å². The minimum absolute atomic E-state index is 0.480. The van der Waals surface area contributed by atoms with Crippen LogP contribution in [-0.4, -0.2) is 23.7 Å². The molecule has 0 spiro atoms. The third-order valence-corrected chi connectivity index (χ3v) is 4.00. The van der Waals surface area contributed by atoms with Crippen molar-refractivity contribution in [3.8, 4) is 0 Å². The molecule has 3 nitrogen and oxygen atoms in total. The number of carboxylic acid groups (broad SMARTS) is 1. The quantitative estimate of drug-likeness (QED) is 0.531. The summed E-state index contributed by atoms with van der Waals surface area (Å²) in [6.45, 7) is 3.03. The summed E-state index contributed by atoms with van der Waals surface area (Å²) in [4.78, 5) is 11.3. The van der Waals surface area contributed by atoms with Gasteiger partial charge < -0.3 is 10.4 Å². The van der Waals surface area contributed by atoms with Gasteiger partial charge in [-0.25, -0.2) is 0 Å². The second-order valence-corrected chi connectivity index (χ2v) is 6.01. The van der Waals surface area contributed by atoms with Gasteiger partial charge in [0.05, 0.1) is 0 Å². The molecule has 3 heteroatoms. The van der Waals surface area contributed by atoms with Crippen molar-refractivity contribution in [1.29, 1.82) is 0 Å². The molecule has 124 valence electrons. The Labute approximate surface area is 135 Å². The van der Waals surface area contributed by atoms with E-state index in [0.717, 1.165) is 18.5 Å². The van der Waals surface area contributed by atoms with Crippen molar-refractivity contribution in [1.82, 2.24) is 5.32 Å². The first-order chi connectivity index (χ1) is 10.7. The predicted octanol–water partition coefficient (Wildman–Crippen LogP) is 4.41. The standard InChI is InChI=1S/C19H31NO2/c1-2-3-4-5-6-7-8-12-15-20-18(19(21)22)16-17-13-10-9-11-14-17/h9-11,13-14,18,20H,2-8,12,15-16H2,1H3,(H,21,22)/t18-/m0/s1. The highest BCUT2D eigenvalue weighted by atomic mass is 16.4. The highest BCUT2D eigenvalue weighted by Gasteiger charge is 2.16. The molecule has 1 aromatic carbocycles. The molecule has 1 atom stereocenters. The SMILES string of the molecule is CCCCCCCCCCN[C@@H](Cc1ccccc1)C(=O)O. The van der Waals surface area contributed by atoms with E-state index >= 15 is 0 Å². The van der Waals surface area contributed by atoms with Crippen LogP contribution in [0.25, 0.3) is 0 Å². The maximum absolute atomic E-state index is 11.3. The summed E-state index contributed by atoms with van der Waals surface area (Å²) in [5.74, 6) is -0.761. The van der Waals surface area contributed by atoms with Crippen LogP contribution in [0, 0.1) is 0 Å². The number of benzene rings is 1. The zero-order valence-electron chi connectivity index (χ0n) is 13.9. The van der Waals surface area contributed by atoms with Gasteiger partial charge in [0.1, 0.15) is 6.04 Å². The molecule has 0 aliphatic rings. The normalized spacial score (nSPS) is 12.2. The van der Waals surface area contributed by atoms with E-state index < -0.39 is 12.0 Å². The van der Waals surface area contributed by atoms with Crippen LogP contribution in [0.3, 0.4) is 0 Å². The Morgan fingerprint density at radius 2 is 1.59 bits per heavy atom. The number of hydrogen-bond donors (Lipinski definition) is 2. The molecule has 1 rings (SSSR count). The Hall–Kier alpha value is -1.35. The second-order valence-electron chi connectivity index (χ2n) is 6.01. The van der Waals surface area contributed by atoms with E-state index in [1.807, 2.05) is 30.3 Å². The van der Waals surface area contributed by atoms with Crippen LogP contribution in [0.15, 0.2) is 30.3 Å². The average molecular weight is 305 g/mol. The summed E-state index contributed by atoms with van der Waals surface area (Å²) in [7, 11) is 0. The first kappa shape index (κ1) is 18.7. The van der Waals surface area contributed by atoms with Crippen LogP contribution in [-0.2, 0) is 11.2 Å². The van der Waals surface area contributed by atoms with Gasteiger partial charge in [-0.2, -0.15) is 0 Å². The number of hydrogen-bond acceptors (Lipinski definition) is 2. The predicted molar refractivity (Wildman–Crippen MR) is 92.2 cm³/mol. The summed E-state index contributed by atoms with van der Waals surface area (Å²) in [5, 5.41) is 12.5. The number of carboxylic acids is 1. The van der Waals surface area contributed by atoms with E-state index in [1.54, 1.807) is 0 Å². The summed E-state index contributed by atoms with van der Waals surface area (Å²) >= 11 is 0. The first-order valence-electron chi connectivity index (χ1n) is 8.74. The molecule has 0 fully saturated rings. The fourth-order valence-corrected chi connectivity index (χ4v) is 2.63. The van der Waals surface area contributed by atoms with E-state index in [1.165, 1.54) is 44.9 Å². The van der Waals surface area contributed by atoms with Gasteiger partial charge >= 0.3 is 5.97 Å². The number of unbranched alkanes of at least 4 members (excludes halogenated alkanes) is 7. The molecule has 0 amide bonds. The zero-order valence-corrected chi connectivity index (χ0v) is 13.9. The molecular formula is C19H31NO2. The Kier molecular flexibility index (Phi) is 10.4. The lowest BCUT2D eigenvalue weighted by Gasteiger charge is -2.14. The molecule has 22 heavy (non-hydrogen) atoms. The fourth-order valence-electron chi connectivity index (χ4n) is 2.63. The molecule has 0 aromatic heterocycles. The lowest BCUT2D eigenvalue weighted by atomic mass is 10.1. The Morgan fingerprint density at radius 1 is 1.00 bits per heavy atom. The molecule has 0 unspecified atom stereocenters. The molecule has 0 aliphatic heterocycles. The minimum atomic E-state index is -0.761. The minimum Gasteiger partial charge on any atom is -0.480 e. The maximum atomic E-state index is 11.3. The van der Waals surface area contributed by atoms with Gasteiger partial charge in [0.25, 0.3) is 0 Å². The van der Waals surface area contributed by atoms with Crippen LogP contribution in [0.2, 0.25) is 0 Å². The zero-order chi connectivity index (χ0) is 16.0. The molecule has 0 saturated heterocycles. The third-order valence-electron chi connectivity index (χ3n) is 4.00. The van der Waals surface area contributed by atoms with Crippen molar-refractivity contribution < 1.29 is 9.90 Å². The van der Waals surface area contributed by atoms with Crippen molar-refractivity contribution in [3.05, 3.63) is 35.9 Å². The van der Waals surface area contributed by atoms with Gasteiger partial charge in [-0.1, -0.05) is 82.2 Å². The van der Waals surface area contributed by atoms with Crippen LogP contribution >= 0.6 is 0 Å². The van der Waals surface area contributed by atoms with Gasteiger partial charge in [-0.05, 0) is 24.9 Å². The molecule has 0 saturated carbocycles. The summed E-state index contributed by atoms with van der Waals surface area (Å²) in [6.07, 6.45) is 10.7. The maximum Gasteiger partial charge on any atom is 0.321 e. The summed E-state index contributed by atoms with van der Waals surface area (Å²) in [5.41, 5.74) is 1.07. The van der Waals surface area contributed by atoms with Crippen LogP contribution in [0.4, 0.5) is 0 Å². The van der Waals surface area contributed by atoms with Crippen molar-refractivity contribution in [3.63, 3.8) is 0 Å². The van der Waals surface area contributed by atoms with Gasteiger partial charge in [0.15, 0.2) is 0 Å². The molecule has 0 heterocycles. The van der Waals surface area contributed by atoms with Gasteiger partial charge in [-0.3, -0.25) is 4.79 Å². The monoisotopic (exact) mass is 305 g/mol. The molecule has 2 N–H and O–H groups in total. The number of aliphatic carboxylic acids is 1. The van der Waals surface area contributed by atoms with Crippen LogP contribution in [0.5, 0.6) is 0 Å². The molecule has 0 bridgehead atoms. The lowest BCUT2D eigenvalue weighted by Crippen LogP contribution is -2.39. The lowest BCUT2D eigenvalue weighted by molar-refractivity contribution is -0.139. The van der Waals surface area contributed by atoms with E-state index in [-0.39, 0.29) is 0 Å². The van der Waals surface area contributed by atoms with E-state index in [0.29, 0.717) is 6.42 Å². The summed E-state index contributed by atoms with van der Waals surface area (Å²) < 4.78 is 0. The smallest absolute Gasteiger partial charge is 0.321 e. The molecular weight excluding hydrogens is 274 g/mol. The Bertz CT molecular complexity index is 392. The van der Waals surface area contributed by atoms with Gasteiger partial charge in [-0.15, -0.1) is 0 Å². The van der Waals surface area contributed by atoms with Crippen molar-refractivity contribution in [2.45, 2.75) is 70.8 Å². The Balaban J connectivity index is 2.11. The highest BCUT2D eigenvalue weighted by Crippen LogP contribution is 2.08. The highest BCUT2D eigenvalue weighted by molar-refractivity contribution is 5.73. The van der Waals surface area contributed by atoms with Crippen LogP contribution in [0.1, 0.15) is 63.9 Å². The Morgan fingerprint density at radius 3 is 2.18 bits per heavy atom. The number of nitrogens with one attached hydrogen (secondary N) is 1. The fraction of sp³-hybridized carbons (Fsp3) is 0.632. The van der Waals surface area contributed by atoms with Crippen molar-refractivity contribution >= 4 is 5.97 Å². The average Bonchev–Trinajstić information content (AvgIpc) is 2.53. The van der Waals surface area contributed by atoms with Gasteiger partial charge in [0, 0.05) is 0 Å². The molecule has 0 aliphatic carbocycles. The third kappa shape index (κ3) is 8.83. The molecule has 1 aromatic rings. The van der Waals surface area contributed by atoms with Gasteiger partial charge in [0.2, 0.25) is 0 Å². The van der Waals surface area contributed by atoms with E-state index in [2.05, 4.69) is 12.2 Å². The van der Waals surface area contributed by atoms with Crippen molar-refractivity contribution in [2.24, 2.45) is 0 Å². The van der Waals surface area contributed by atoms with E-state index in [4.69, 9.17) is 0 Å². The number of rotatable bonds is 13. The number of carbonyl (C=O) groups is 1. The topological polar surface area (TPSA) is 49.3 Å². The first-order valence-corrected chi connectivity index (χ1v) is 8.74. The largest absolute Gasteiger partial charge is 0.480 e. The molecule has 0 radical (unpaired) electrons. The second kappa shape index (κ2) is 12.2. The van der Waals surface area contributed by atoms with Crippen LogP contribution < -0.4 is 5.32 Å². The summed E-state index contributed by atoms with van der Waals surface area (Å²) in [6, 6.07) is 9.33.